The van der Waals surface area contributed by atoms with E-state index < -0.39 is 0 Å². The largest absolute Gasteiger partial charge is 0.398 e. The van der Waals surface area contributed by atoms with Crippen molar-refractivity contribution in [2.45, 2.75) is 26.2 Å². The molecule has 0 unspecified atom stereocenters. The average Bonchev–Trinajstić information content (AvgIpc) is 2.34. The standard InChI is InChI=1S/C13H19N3O/c1-10-6-5-7-11(12(10)14)13(17)15-16-8-3-2-4-9-16/h5-7H,2-4,8-9,14H2,1H3,(H,15,17). The van der Waals surface area contributed by atoms with Crippen molar-refractivity contribution < 1.29 is 4.79 Å². The first-order valence-electron chi connectivity index (χ1n) is 6.09. The number of nitrogen functional groups attached to an aromatic ring is 1. The highest BCUT2D eigenvalue weighted by atomic mass is 16.2. The van der Waals surface area contributed by atoms with Crippen LogP contribution in [-0.2, 0) is 0 Å². The summed E-state index contributed by atoms with van der Waals surface area (Å²) < 4.78 is 0. The average molecular weight is 233 g/mol. The summed E-state index contributed by atoms with van der Waals surface area (Å²) in [6, 6.07) is 5.53. The molecule has 0 spiro atoms. The maximum Gasteiger partial charge on any atom is 0.267 e. The lowest BCUT2D eigenvalue weighted by Gasteiger charge is -2.27. The molecule has 0 radical (unpaired) electrons. The Bertz CT molecular complexity index is 411. The maximum absolute atomic E-state index is 12.1. The van der Waals surface area contributed by atoms with Gasteiger partial charge in [0.15, 0.2) is 0 Å². The highest BCUT2D eigenvalue weighted by molar-refractivity contribution is 5.99. The van der Waals surface area contributed by atoms with Crippen LogP contribution in [-0.4, -0.2) is 24.0 Å². The second-order valence-corrected chi connectivity index (χ2v) is 4.52. The highest BCUT2D eigenvalue weighted by Crippen LogP contribution is 2.16. The van der Waals surface area contributed by atoms with E-state index in [1.54, 1.807) is 6.07 Å². The molecule has 1 saturated heterocycles. The zero-order chi connectivity index (χ0) is 12.3. The molecular weight excluding hydrogens is 214 g/mol. The molecule has 92 valence electrons. The summed E-state index contributed by atoms with van der Waals surface area (Å²) in [5, 5.41) is 1.98. The van der Waals surface area contributed by atoms with E-state index >= 15 is 0 Å². The Labute approximate surface area is 102 Å². The molecule has 1 heterocycles. The first-order chi connectivity index (χ1) is 8.18. The number of benzene rings is 1. The first-order valence-corrected chi connectivity index (χ1v) is 6.09. The van der Waals surface area contributed by atoms with Crippen LogP contribution in [0.2, 0.25) is 0 Å². The van der Waals surface area contributed by atoms with Gasteiger partial charge in [-0.25, -0.2) is 5.01 Å². The molecule has 1 aliphatic rings. The van der Waals surface area contributed by atoms with Crippen molar-refractivity contribution in [1.82, 2.24) is 10.4 Å². The predicted octanol–water partition coefficient (Wildman–Crippen LogP) is 1.71. The molecule has 0 atom stereocenters. The van der Waals surface area contributed by atoms with Crippen LogP contribution in [0.15, 0.2) is 18.2 Å². The Hall–Kier alpha value is -1.55. The third-order valence-electron chi connectivity index (χ3n) is 3.18. The maximum atomic E-state index is 12.1. The molecule has 1 aromatic carbocycles. The molecule has 0 aliphatic carbocycles. The van der Waals surface area contributed by atoms with Crippen LogP contribution < -0.4 is 11.2 Å². The van der Waals surface area contributed by atoms with Crippen LogP contribution in [0.1, 0.15) is 35.2 Å². The van der Waals surface area contributed by atoms with Gasteiger partial charge in [-0.2, -0.15) is 0 Å². The van der Waals surface area contributed by atoms with Gasteiger partial charge in [-0.05, 0) is 31.4 Å². The molecular formula is C13H19N3O. The number of nitrogens with zero attached hydrogens (tertiary/aromatic N) is 1. The monoisotopic (exact) mass is 233 g/mol. The van der Waals surface area contributed by atoms with Crippen LogP contribution >= 0.6 is 0 Å². The van der Waals surface area contributed by atoms with Gasteiger partial charge in [0, 0.05) is 18.8 Å². The number of carbonyl (C=O) groups excluding carboxylic acids is 1. The minimum atomic E-state index is -0.104. The number of hydrogen-bond donors (Lipinski definition) is 2. The molecule has 1 amide bonds. The molecule has 3 N–H and O–H groups in total. The molecule has 1 aliphatic heterocycles. The lowest BCUT2D eigenvalue weighted by atomic mass is 10.1. The van der Waals surface area contributed by atoms with Gasteiger partial charge in [-0.1, -0.05) is 18.6 Å². The van der Waals surface area contributed by atoms with E-state index in [9.17, 15) is 4.79 Å². The molecule has 1 aromatic rings. The number of rotatable bonds is 2. The summed E-state index contributed by atoms with van der Waals surface area (Å²) >= 11 is 0. The smallest absolute Gasteiger partial charge is 0.267 e. The van der Waals surface area contributed by atoms with Crippen LogP contribution in [0.3, 0.4) is 0 Å². The van der Waals surface area contributed by atoms with Crippen LogP contribution in [0, 0.1) is 6.92 Å². The fourth-order valence-corrected chi connectivity index (χ4v) is 2.09. The minimum absolute atomic E-state index is 0.104. The molecule has 17 heavy (non-hydrogen) atoms. The Morgan fingerprint density at radius 1 is 1.29 bits per heavy atom. The van der Waals surface area contributed by atoms with Gasteiger partial charge < -0.3 is 5.73 Å². The molecule has 4 nitrogen and oxygen atoms in total. The van der Waals surface area contributed by atoms with Crippen molar-refractivity contribution in [1.29, 1.82) is 0 Å². The predicted molar refractivity (Wildman–Crippen MR) is 68.5 cm³/mol. The number of nitrogens with one attached hydrogen (secondary N) is 1. The molecule has 0 aromatic heterocycles. The topological polar surface area (TPSA) is 58.4 Å². The summed E-state index contributed by atoms with van der Waals surface area (Å²) in [6.45, 7) is 3.77. The van der Waals surface area contributed by atoms with Gasteiger partial charge in [0.05, 0.1) is 5.56 Å². The summed E-state index contributed by atoms with van der Waals surface area (Å²) in [4.78, 5) is 12.1. The first kappa shape index (κ1) is 11.9. The van der Waals surface area contributed by atoms with E-state index in [1.807, 2.05) is 24.1 Å². The normalized spacial score (nSPS) is 16.8. The van der Waals surface area contributed by atoms with Crippen molar-refractivity contribution in [3.63, 3.8) is 0 Å². The third-order valence-corrected chi connectivity index (χ3v) is 3.18. The van der Waals surface area contributed by atoms with Crippen molar-refractivity contribution in [3.8, 4) is 0 Å². The Morgan fingerprint density at radius 2 is 2.00 bits per heavy atom. The fourth-order valence-electron chi connectivity index (χ4n) is 2.09. The lowest BCUT2D eigenvalue weighted by Crippen LogP contribution is -2.45. The number of anilines is 1. The van der Waals surface area contributed by atoms with Gasteiger partial charge in [-0.15, -0.1) is 0 Å². The van der Waals surface area contributed by atoms with Crippen LogP contribution in [0.25, 0.3) is 0 Å². The summed E-state index contributed by atoms with van der Waals surface area (Å²) in [6.07, 6.45) is 3.53. The van der Waals surface area contributed by atoms with E-state index in [2.05, 4.69) is 5.43 Å². The van der Waals surface area contributed by atoms with Crippen LogP contribution in [0.4, 0.5) is 5.69 Å². The molecule has 2 rings (SSSR count). The fraction of sp³-hybridized carbons (Fsp3) is 0.462. The number of nitrogens with two attached hydrogens (primary N) is 1. The van der Waals surface area contributed by atoms with Crippen molar-refractivity contribution >= 4 is 11.6 Å². The lowest BCUT2D eigenvalue weighted by molar-refractivity contribution is 0.0751. The van der Waals surface area contributed by atoms with Gasteiger partial charge in [-0.3, -0.25) is 10.2 Å². The number of hydrazine groups is 1. The Morgan fingerprint density at radius 3 is 2.71 bits per heavy atom. The summed E-state index contributed by atoms with van der Waals surface area (Å²) in [5.41, 5.74) is 10.9. The Balaban J connectivity index is 2.06. The van der Waals surface area contributed by atoms with Gasteiger partial charge >= 0.3 is 0 Å². The van der Waals surface area contributed by atoms with Crippen molar-refractivity contribution in [3.05, 3.63) is 29.3 Å². The van der Waals surface area contributed by atoms with Crippen LogP contribution in [0.5, 0.6) is 0 Å². The van der Waals surface area contributed by atoms with E-state index in [0.717, 1.165) is 31.5 Å². The summed E-state index contributed by atoms with van der Waals surface area (Å²) in [5.74, 6) is -0.104. The van der Waals surface area contributed by atoms with Gasteiger partial charge in [0.1, 0.15) is 0 Å². The minimum Gasteiger partial charge on any atom is -0.398 e. The highest BCUT2D eigenvalue weighted by Gasteiger charge is 2.16. The number of aryl methyl sites for hydroxylation is 1. The molecule has 4 heteroatoms. The number of carbonyl (C=O) groups is 1. The SMILES string of the molecule is Cc1cccc(C(=O)NN2CCCCC2)c1N. The second kappa shape index (κ2) is 5.19. The van der Waals surface area contributed by atoms with E-state index in [-0.39, 0.29) is 5.91 Å². The van der Waals surface area contributed by atoms with E-state index in [1.165, 1.54) is 6.42 Å². The molecule has 1 fully saturated rings. The summed E-state index contributed by atoms with van der Waals surface area (Å²) in [7, 11) is 0. The second-order valence-electron chi connectivity index (χ2n) is 4.52. The zero-order valence-corrected chi connectivity index (χ0v) is 10.2. The van der Waals surface area contributed by atoms with E-state index in [0.29, 0.717) is 11.3 Å². The molecule has 0 bridgehead atoms. The Kier molecular flexibility index (Phi) is 3.64. The zero-order valence-electron chi connectivity index (χ0n) is 10.2. The molecule has 0 saturated carbocycles. The quantitative estimate of drug-likeness (QED) is 0.764. The van der Waals surface area contributed by atoms with Crippen molar-refractivity contribution in [2.24, 2.45) is 0 Å². The third kappa shape index (κ3) is 2.77. The van der Waals surface area contributed by atoms with Crippen molar-refractivity contribution in [2.75, 3.05) is 18.8 Å². The number of hydrogen-bond acceptors (Lipinski definition) is 3. The number of piperidine rings is 1. The number of amides is 1. The van der Waals surface area contributed by atoms with Gasteiger partial charge in [0.25, 0.3) is 5.91 Å². The number of para-hydroxylation sites is 1. The van der Waals surface area contributed by atoms with E-state index in [4.69, 9.17) is 5.73 Å². The van der Waals surface area contributed by atoms with Gasteiger partial charge in [0.2, 0.25) is 0 Å².